The second-order valence-corrected chi connectivity index (χ2v) is 6.95. The van der Waals surface area contributed by atoms with Gasteiger partial charge in [-0.05, 0) is 31.5 Å². The number of fused-ring (bicyclic) bond motifs is 3. The minimum Gasteiger partial charge on any atom is -0.497 e. The molecule has 0 aliphatic carbocycles. The molecule has 2 aromatic heterocycles. The molecule has 0 bridgehead atoms. The van der Waals surface area contributed by atoms with Gasteiger partial charge in [0.15, 0.2) is 0 Å². The molecule has 2 heterocycles. The van der Waals surface area contributed by atoms with E-state index in [4.69, 9.17) is 4.74 Å². The molecule has 3 rings (SSSR count). The Balaban J connectivity index is 1.84. The third-order valence-electron chi connectivity index (χ3n) is 5.15. The maximum Gasteiger partial charge on any atom is 0.120 e. The maximum absolute atomic E-state index is 5.46. The number of rotatable bonds is 9. The van der Waals surface area contributed by atoms with Gasteiger partial charge in [0.05, 0.1) is 23.8 Å². The van der Waals surface area contributed by atoms with Gasteiger partial charge >= 0.3 is 0 Å². The molecule has 0 radical (unpaired) electrons. The van der Waals surface area contributed by atoms with Crippen LogP contribution in [0.3, 0.4) is 0 Å². The molecule has 134 valence electrons. The van der Waals surface area contributed by atoms with Crippen molar-refractivity contribution in [3.8, 4) is 5.75 Å². The van der Waals surface area contributed by atoms with Crippen molar-refractivity contribution in [1.82, 2.24) is 9.55 Å². The Morgan fingerprint density at radius 1 is 0.960 bits per heavy atom. The maximum atomic E-state index is 5.46. The first-order valence-electron chi connectivity index (χ1n) is 9.67. The summed E-state index contributed by atoms with van der Waals surface area (Å²) >= 11 is 0. The van der Waals surface area contributed by atoms with Crippen LogP contribution >= 0.6 is 0 Å². The number of unbranched alkanes of at least 4 members (excludes halogenated alkanes) is 6. The average molecular weight is 338 g/mol. The summed E-state index contributed by atoms with van der Waals surface area (Å²) in [6, 6.07) is 8.53. The van der Waals surface area contributed by atoms with E-state index in [-0.39, 0.29) is 0 Å². The molecule has 0 aliphatic rings. The molecule has 3 aromatic rings. The molecule has 25 heavy (non-hydrogen) atoms. The Bertz CT molecular complexity index is 835. The Labute approximate surface area is 151 Å². The summed E-state index contributed by atoms with van der Waals surface area (Å²) in [5, 5.41) is 2.59. The lowest BCUT2D eigenvalue weighted by Gasteiger charge is -2.09. The second-order valence-electron chi connectivity index (χ2n) is 6.95. The lowest BCUT2D eigenvalue weighted by atomic mass is 10.1. The average Bonchev–Trinajstić information content (AvgIpc) is 2.95. The van der Waals surface area contributed by atoms with Crippen LogP contribution in [0.4, 0.5) is 0 Å². The Hall–Kier alpha value is -2.03. The van der Waals surface area contributed by atoms with Gasteiger partial charge in [-0.3, -0.25) is 4.98 Å². The van der Waals surface area contributed by atoms with E-state index in [1.165, 1.54) is 66.8 Å². The Morgan fingerprint density at radius 3 is 2.48 bits per heavy atom. The SMILES string of the molecule is CCCCCCCCCn1c2cc(OC)ccc2c2ccnc(C)c21. The highest BCUT2D eigenvalue weighted by Crippen LogP contribution is 2.33. The van der Waals surface area contributed by atoms with Crippen LogP contribution in [0.15, 0.2) is 30.5 Å². The summed E-state index contributed by atoms with van der Waals surface area (Å²) in [6.07, 6.45) is 11.2. The number of aromatic nitrogens is 2. The molecule has 0 spiro atoms. The fourth-order valence-corrected chi connectivity index (χ4v) is 3.79. The highest BCUT2D eigenvalue weighted by Gasteiger charge is 2.13. The third-order valence-corrected chi connectivity index (χ3v) is 5.15. The van der Waals surface area contributed by atoms with Gasteiger partial charge in [0.2, 0.25) is 0 Å². The van der Waals surface area contributed by atoms with E-state index in [1.54, 1.807) is 7.11 Å². The molecule has 3 nitrogen and oxygen atoms in total. The van der Waals surface area contributed by atoms with E-state index in [1.807, 2.05) is 6.20 Å². The molecule has 0 N–H and O–H groups in total. The third kappa shape index (κ3) is 3.81. The van der Waals surface area contributed by atoms with Gasteiger partial charge in [-0.2, -0.15) is 0 Å². The van der Waals surface area contributed by atoms with Crippen LogP contribution in [0, 0.1) is 6.92 Å². The lowest BCUT2D eigenvalue weighted by Crippen LogP contribution is -2.00. The zero-order valence-electron chi connectivity index (χ0n) is 15.8. The van der Waals surface area contributed by atoms with Crippen LogP contribution in [-0.2, 0) is 6.54 Å². The van der Waals surface area contributed by atoms with Crippen LogP contribution < -0.4 is 4.74 Å². The van der Waals surface area contributed by atoms with Gasteiger partial charge < -0.3 is 9.30 Å². The fraction of sp³-hybridized carbons (Fsp3) is 0.500. The summed E-state index contributed by atoms with van der Waals surface area (Å²) in [6.45, 7) is 5.43. The summed E-state index contributed by atoms with van der Waals surface area (Å²) in [5.41, 5.74) is 3.64. The molecule has 3 heteroatoms. The first-order chi connectivity index (χ1) is 12.3. The number of benzene rings is 1. The van der Waals surface area contributed by atoms with Crippen LogP contribution in [0.5, 0.6) is 5.75 Å². The minimum atomic E-state index is 0.918. The molecule has 0 saturated heterocycles. The van der Waals surface area contributed by atoms with Gasteiger partial charge in [-0.25, -0.2) is 0 Å². The normalized spacial score (nSPS) is 11.5. The predicted octanol–water partition coefficient (Wildman–Crippen LogP) is 6.26. The molecule has 1 aromatic carbocycles. The molecule has 0 atom stereocenters. The number of hydrogen-bond acceptors (Lipinski definition) is 2. The van der Waals surface area contributed by atoms with Gasteiger partial charge in [0.1, 0.15) is 5.75 Å². The predicted molar refractivity (Wildman–Crippen MR) is 107 cm³/mol. The van der Waals surface area contributed by atoms with E-state index in [0.717, 1.165) is 18.0 Å². The smallest absolute Gasteiger partial charge is 0.120 e. The van der Waals surface area contributed by atoms with E-state index >= 15 is 0 Å². The first kappa shape index (κ1) is 17.8. The number of nitrogens with zero attached hydrogens (tertiary/aromatic N) is 2. The Morgan fingerprint density at radius 2 is 1.72 bits per heavy atom. The zero-order valence-corrected chi connectivity index (χ0v) is 15.8. The number of hydrogen-bond donors (Lipinski definition) is 0. The van der Waals surface area contributed by atoms with Crippen LogP contribution in [-0.4, -0.2) is 16.7 Å². The highest BCUT2D eigenvalue weighted by molar-refractivity contribution is 6.09. The molecular weight excluding hydrogens is 308 g/mol. The summed E-state index contributed by atoms with van der Waals surface area (Å²) < 4.78 is 7.90. The van der Waals surface area contributed by atoms with E-state index < -0.39 is 0 Å². The monoisotopic (exact) mass is 338 g/mol. The van der Waals surface area contributed by atoms with Crippen molar-refractivity contribution in [1.29, 1.82) is 0 Å². The summed E-state index contributed by atoms with van der Waals surface area (Å²) in [5.74, 6) is 0.918. The minimum absolute atomic E-state index is 0.918. The van der Waals surface area contributed by atoms with Crippen molar-refractivity contribution in [3.05, 3.63) is 36.2 Å². The second kappa shape index (κ2) is 8.37. The fourth-order valence-electron chi connectivity index (χ4n) is 3.79. The van der Waals surface area contributed by atoms with Crippen LogP contribution in [0.1, 0.15) is 57.6 Å². The summed E-state index contributed by atoms with van der Waals surface area (Å²) in [7, 11) is 1.73. The molecule has 0 aliphatic heterocycles. The van der Waals surface area contributed by atoms with Gasteiger partial charge in [0, 0.05) is 29.6 Å². The molecule has 0 amide bonds. The van der Waals surface area contributed by atoms with E-state index in [0.29, 0.717) is 0 Å². The number of ether oxygens (including phenoxy) is 1. The van der Waals surface area contributed by atoms with Crippen molar-refractivity contribution in [2.45, 2.75) is 65.3 Å². The van der Waals surface area contributed by atoms with Gasteiger partial charge in [-0.1, -0.05) is 45.4 Å². The molecule has 0 fully saturated rings. The number of methoxy groups -OCH3 is 1. The quantitative estimate of drug-likeness (QED) is 0.431. The standard InChI is InChI=1S/C22H30N2O/c1-4-5-6-7-8-9-10-15-24-21-16-18(25-3)11-12-19(21)20-13-14-23-17(2)22(20)24/h11-14,16H,4-10,15H2,1-3H3. The van der Waals surface area contributed by atoms with Crippen LogP contribution in [0.2, 0.25) is 0 Å². The zero-order chi connectivity index (χ0) is 17.6. The van der Waals surface area contributed by atoms with Crippen molar-refractivity contribution < 1.29 is 4.74 Å². The topological polar surface area (TPSA) is 27.1 Å². The number of aryl methyl sites for hydroxylation is 2. The molecular formula is C22H30N2O. The van der Waals surface area contributed by atoms with E-state index in [9.17, 15) is 0 Å². The first-order valence-corrected chi connectivity index (χ1v) is 9.67. The largest absolute Gasteiger partial charge is 0.497 e. The lowest BCUT2D eigenvalue weighted by molar-refractivity contribution is 0.415. The van der Waals surface area contributed by atoms with Crippen molar-refractivity contribution in [2.75, 3.05) is 7.11 Å². The van der Waals surface area contributed by atoms with Crippen LogP contribution in [0.25, 0.3) is 21.8 Å². The highest BCUT2D eigenvalue weighted by atomic mass is 16.5. The van der Waals surface area contributed by atoms with Crippen molar-refractivity contribution >= 4 is 21.8 Å². The van der Waals surface area contributed by atoms with Gasteiger partial charge in [-0.15, -0.1) is 0 Å². The van der Waals surface area contributed by atoms with E-state index in [2.05, 4.69) is 47.7 Å². The van der Waals surface area contributed by atoms with Crippen molar-refractivity contribution in [3.63, 3.8) is 0 Å². The van der Waals surface area contributed by atoms with Gasteiger partial charge in [0.25, 0.3) is 0 Å². The molecule has 0 unspecified atom stereocenters. The van der Waals surface area contributed by atoms with Crippen molar-refractivity contribution in [2.24, 2.45) is 0 Å². The number of pyridine rings is 1. The molecule has 0 saturated carbocycles. The Kier molecular flexibility index (Phi) is 5.95. The summed E-state index contributed by atoms with van der Waals surface area (Å²) in [4.78, 5) is 4.53.